The Hall–Kier alpha value is -2.54. The van der Waals surface area contributed by atoms with Gasteiger partial charge in [-0.2, -0.15) is 0 Å². The van der Waals surface area contributed by atoms with Gasteiger partial charge in [0.25, 0.3) is 0 Å². The normalized spacial score (nSPS) is 10.3. The number of ether oxygens (including phenoxy) is 1. The summed E-state index contributed by atoms with van der Waals surface area (Å²) in [5, 5.41) is 14.0. The summed E-state index contributed by atoms with van der Waals surface area (Å²) in [5.74, 6) is 0.136. The number of para-hydroxylation sites is 1. The second-order valence-electron chi connectivity index (χ2n) is 4.19. The van der Waals surface area contributed by atoms with Crippen LogP contribution >= 0.6 is 0 Å². The maximum Gasteiger partial charge on any atom is 0.322 e. The Morgan fingerprint density at radius 1 is 1.35 bits per heavy atom. The number of benzene rings is 1. The van der Waals surface area contributed by atoms with Crippen molar-refractivity contribution >= 4 is 5.69 Å². The summed E-state index contributed by atoms with van der Waals surface area (Å²) < 4.78 is 5.40. The molecule has 1 aromatic heterocycles. The quantitative estimate of drug-likeness (QED) is 0.664. The Morgan fingerprint density at radius 3 is 2.65 bits per heavy atom. The average Bonchev–Trinajstić information content (AvgIpc) is 2.41. The van der Waals surface area contributed by atoms with Crippen molar-refractivity contribution in [3.63, 3.8) is 0 Å². The molecule has 0 aliphatic heterocycles. The van der Waals surface area contributed by atoms with Crippen LogP contribution in [0, 0.1) is 17.0 Å². The lowest BCUT2D eigenvalue weighted by Crippen LogP contribution is -2.06. The summed E-state index contributed by atoms with van der Waals surface area (Å²) in [7, 11) is 1.82. The Labute approximate surface area is 115 Å². The first-order chi connectivity index (χ1) is 9.61. The van der Waals surface area contributed by atoms with E-state index in [1.54, 1.807) is 31.5 Å². The molecule has 2 aromatic rings. The van der Waals surface area contributed by atoms with Crippen LogP contribution < -0.4 is 10.1 Å². The predicted octanol–water partition coefficient (Wildman–Crippen LogP) is 2.20. The second-order valence-corrected chi connectivity index (χ2v) is 4.19. The third-order valence-electron chi connectivity index (χ3n) is 2.65. The zero-order chi connectivity index (χ0) is 14.5. The molecule has 1 N–H and O–H groups in total. The lowest BCUT2D eigenvalue weighted by Gasteiger charge is -2.06. The molecule has 7 nitrogen and oxygen atoms in total. The first kappa shape index (κ1) is 13.9. The van der Waals surface area contributed by atoms with Crippen LogP contribution in [0.25, 0.3) is 0 Å². The van der Waals surface area contributed by atoms with Crippen LogP contribution in [0.15, 0.2) is 30.6 Å². The average molecular weight is 274 g/mol. The highest BCUT2D eigenvalue weighted by molar-refractivity contribution is 5.52. The van der Waals surface area contributed by atoms with Crippen LogP contribution in [-0.4, -0.2) is 21.9 Å². The summed E-state index contributed by atoms with van der Waals surface area (Å²) in [6.45, 7) is 2.30. The number of hydrogen-bond acceptors (Lipinski definition) is 6. The van der Waals surface area contributed by atoms with Gasteiger partial charge in [-0.15, -0.1) is 0 Å². The molecular weight excluding hydrogens is 260 g/mol. The van der Waals surface area contributed by atoms with Crippen molar-refractivity contribution in [2.24, 2.45) is 0 Å². The molecule has 0 fully saturated rings. The van der Waals surface area contributed by atoms with Gasteiger partial charge in [-0.1, -0.05) is 12.1 Å². The van der Waals surface area contributed by atoms with E-state index in [2.05, 4.69) is 15.3 Å². The van der Waals surface area contributed by atoms with E-state index >= 15 is 0 Å². The molecule has 7 heteroatoms. The summed E-state index contributed by atoms with van der Waals surface area (Å²) in [5.41, 5.74) is 1.35. The van der Waals surface area contributed by atoms with Gasteiger partial charge in [0.05, 0.1) is 4.92 Å². The van der Waals surface area contributed by atoms with Gasteiger partial charge in [-0.25, -0.2) is 9.97 Å². The van der Waals surface area contributed by atoms with Crippen molar-refractivity contribution in [1.82, 2.24) is 15.3 Å². The maximum absolute atomic E-state index is 11.0. The molecule has 0 radical (unpaired) electrons. The Kier molecular flexibility index (Phi) is 4.21. The number of aryl methyl sites for hydroxylation is 1. The minimum Gasteiger partial charge on any atom is -0.417 e. The minimum absolute atomic E-state index is 0.0737. The fourth-order valence-electron chi connectivity index (χ4n) is 1.74. The largest absolute Gasteiger partial charge is 0.417 e. The highest BCUT2D eigenvalue weighted by Crippen LogP contribution is 2.32. The topological polar surface area (TPSA) is 90.2 Å². The smallest absolute Gasteiger partial charge is 0.322 e. The highest BCUT2D eigenvalue weighted by Gasteiger charge is 2.19. The van der Waals surface area contributed by atoms with Gasteiger partial charge in [-0.05, 0) is 20.0 Å². The molecule has 104 valence electrons. The van der Waals surface area contributed by atoms with Crippen molar-refractivity contribution in [3.8, 4) is 11.8 Å². The molecule has 0 aliphatic carbocycles. The van der Waals surface area contributed by atoms with Crippen LogP contribution in [0.5, 0.6) is 11.8 Å². The second kappa shape index (κ2) is 6.07. The van der Waals surface area contributed by atoms with Gasteiger partial charge in [0.15, 0.2) is 0 Å². The predicted molar refractivity (Wildman–Crippen MR) is 72.7 cm³/mol. The summed E-state index contributed by atoms with van der Waals surface area (Å²) in [6.07, 6.45) is 3.22. The molecule has 2 rings (SSSR count). The number of nitrogens with one attached hydrogen (secondary N) is 1. The van der Waals surface area contributed by atoms with Crippen molar-refractivity contribution in [2.45, 2.75) is 13.5 Å². The fourth-order valence-corrected chi connectivity index (χ4v) is 1.74. The van der Waals surface area contributed by atoms with Crippen molar-refractivity contribution in [3.05, 3.63) is 51.8 Å². The van der Waals surface area contributed by atoms with Crippen molar-refractivity contribution in [2.75, 3.05) is 7.05 Å². The van der Waals surface area contributed by atoms with E-state index in [0.717, 1.165) is 5.56 Å². The zero-order valence-corrected chi connectivity index (χ0v) is 11.2. The Balaban J connectivity index is 2.26. The van der Waals surface area contributed by atoms with Crippen molar-refractivity contribution < 1.29 is 9.66 Å². The number of nitro benzene ring substituents is 1. The van der Waals surface area contributed by atoms with Crippen LogP contribution in [-0.2, 0) is 6.54 Å². The number of nitrogens with zero attached hydrogens (tertiary/aromatic N) is 3. The zero-order valence-electron chi connectivity index (χ0n) is 11.2. The molecule has 1 heterocycles. The Morgan fingerprint density at radius 2 is 2.05 bits per heavy atom. The van der Waals surface area contributed by atoms with E-state index < -0.39 is 4.92 Å². The molecule has 0 unspecified atom stereocenters. The minimum atomic E-state index is -0.472. The van der Waals surface area contributed by atoms with E-state index in [1.807, 2.05) is 7.05 Å². The van der Waals surface area contributed by atoms with Crippen LogP contribution in [0.2, 0.25) is 0 Å². The third kappa shape index (κ3) is 3.07. The summed E-state index contributed by atoms with van der Waals surface area (Å²) in [4.78, 5) is 18.6. The van der Waals surface area contributed by atoms with E-state index in [0.29, 0.717) is 12.1 Å². The van der Waals surface area contributed by atoms with Crippen LogP contribution in [0.4, 0.5) is 5.69 Å². The number of nitro groups is 1. The van der Waals surface area contributed by atoms with Gasteiger partial charge in [-0.3, -0.25) is 10.1 Å². The van der Waals surface area contributed by atoms with E-state index in [1.165, 1.54) is 6.07 Å². The standard InChI is InChI=1S/C13H14N4O3/c1-9-4-3-5-11(12(9)17(18)19)20-13-15-7-10(6-14-2)8-16-13/h3-5,7-8,14H,6H2,1-2H3. The Bertz CT molecular complexity index is 614. The molecule has 0 saturated heterocycles. The summed E-state index contributed by atoms with van der Waals surface area (Å²) in [6, 6.07) is 4.95. The van der Waals surface area contributed by atoms with Gasteiger partial charge >= 0.3 is 11.7 Å². The fraction of sp³-hybridized carbons (Fsp3) is 0.231. The number of hydrogen-bond donors (Lipinski definition) is 1. The highest BCUT2D eigenvalue weighted by atomic mass is 16.6. The molecule has 0 atom stereocenters. The van der Waals surface area contributed by atoms with E-state index in [-0.39, 0.29) is 17.4 Å². The van der Waals surface area contributed by atoms with Gasteiger partial charge in [0, 0.05) is 30.1 Å². The molecule has 0 amide bonds. The lowest BCUT2D eigenvalue weighted by molar-refractivity contribution is -0.386. The first-order valence-corrected chi connectivity index (χ1v) is 5.99. The van der Waals surface area contributed by atoms with Crippen LogP contribution in [0.1, 0.15) is 11.1 Å². The van der Waals surface area contributed by atoms with Gasteiger partial charge in [0.2, 0.25) is 5.75 Å². The van der Waals surface area contributed by atoms with Crippen molar-refractivity contribution in [1.29, 1.82) is 0 Å². The van der Waals surface area contributed by atoms with E-state index in [9.17, 15) is 10.1 Å². The lowest BCUT2D eigenvalue weighted by atomic mass is 10.2. The monoisotopic (exact) mass is 274 g/mol. The molecule has 0 saturated carbocycles. The number of rotatable bonds is 5. The van der Waals surface area contributed by atoms with Gasteiger partial charge < -0.3 is 10.1 Å². The van der Waals surface area contributed by atoms with E-state index in [4.69, 9.17) is 4.74 Å². The molecule has 0 aliphatic rings. The molecule has 20 heavy (non-hydrogen) atoms. The molecular formula is C13H14N4O3. The first-order valence-electron chi connectivity index (χ1n) is 5.99. The molecule has 1 aromatic carbocycles. The number of aromatic nitrogens is 2. The van der Waals surface area contributed by atoms with Crippen LogP contribution in [0.3, 0.4) is 0 Å². The SMILES string of the molecule is CNCc1cnc(Oc2cccc(C)c2[N+](=O)[O-])nc1. The maximum atomic E-state index is 11.0. The molecule has 0 spiro atoms. The molecule has 0 bridgehead atoms. The summed E-state index contributed by atoms with van der Waals surface area (Å²) >= 11 is 0. The van der Waals surface area contributed by atoms with Gasteiger partial charge in [0.1, 0.15) is 0 Å². The third-order valence-corrected chi connectivity index (χ3v) is 2.65.